The van der Waals surface area contributed by atoms with Crippen LogP contribution in [0.15, 0.2) is 42.9 Å². The topological polar surface area (TPSA) is 87.9 Å². The van der Waals surface area contributed by atoms with Crippen LogP contribution >= 0.6 is 0 Å². The molecule has 0 fully saturated rings. The van der Waals surface area contributed by atoms with Gasteiger partial charge in [-0.25, -0.2) is 4.98 Å². The van der Waals surface area contributed by atoms with Crippen molar-refractivity contribution in [1.82, 2.24) is 14.5 Å². The van der Waals surface area contributed by atoms with Crippen LogP contribution in [-0.2, 0) is 13.1 Å². The number of carbonyl (C=O) groups excluding carboxylic acids is 1. The molecule has 1 heterocycles. The van der Waals surface area contributed by atoms with Crippen LogP contribution in [-0.4, -0.2) is 33.4 Å². The van der Waals surface area contributed by atoms with E-state index in [-0.39, 0.29) is 12.5 Å². The van der Waals surface area contributed by atoms with Crippen molar-refractivity contribution in [3.8, 4) is 6.07 Å². The molecule has 0 radical (unpaired) electrons. The Labute approximate surface area is 123 Å². The number of amides is 1. The molecular formula is C15H17N5O. The number of nitrogens with zero attached hydrogens (tertiary/aromatic N) is 4. The molecule has 0 bridgehead atoms. The maximum Gasteiger partial charge on any atom is 0.275 e. The fourth-order valence-electron chi connectivity index (χ4n) is 1.99. The fraction of sp³-hybridized carbons (Fsp3) is 0.267. The first kappa shape index (κ1) is 14.8. The molecule has 6 heteroatoms. The average Bonchev–Trinajstić information content (AvgIpc) is 2.96. The highest BCUT2D eigenvalue weighted by Crippen LogP contribution is 2.08. The fourth-order valence-corrected chi connectivity index (χ4v) is 1.99. The first-order valence-corrected chi connectivity index (χ1v) is 6.66. The molecule has 2 N–H and O–H groups in total. The van der Waals surface area contributed by atoms with E-state index in [1.165, 1.54) is 4.90 Å². The Bertz CT molecular complexity index is 629. The van der Waals surface area contributed by atoms with Crippen molar-refractivity contribution in [3.05, 3.63) is 54.1 Å². The zero-order valence-corrected chi connectivity index (χ0v) is 11.6. The van der Waals surface area contributed by atoms with Gasteiger partial charge >= 0.3 is 0 Å². The largest absolute Gasteiger partial charge is 0.335 e. The van der Waals surface area contributed by atoms with Gasteiger partial charge in [0.2, 0.25) is 0 Å². The summed E-state index contributed by atoms with van der Waals surface area (Å²) in [7, 11) is 0. The molecule has 2 aromatic rings. The first-order chi connectivity index (χ1) is 10.2. The number of rotatable bonds is 6. The number of carbonyl (C=O) groups is 1. The molecule has 0 aliphatic carbocycles. The van der Waals surface area contributed by atoms with E-state index in [1.807, 2.05) is 36.4 Å². The Morgan fingerprint density at radius 3 is 2.81 bits per heavy atom. The standard InChI is InChI=1S/C15H17N5O/c16-6-8-19-11-14(18-12-19)15(21)20(9-7-17)10-13-4-2-1-3-5-13/h1-5,11-12H,6,8-10,16H2. The minimum atomic E-state index is -0.254. The van der Waals surface area contributed by atoms with Crippen LogP contribution in [0.2, 0.25) is 0 Å². The van der Waals surface area contributed by atoms with Gasteiger partial charge < -0.3 is 15.2 Å². The smallest absolute Gasteiger partial charge is 0.275 e. The molecule has 21 heavy (non-hydrogen) atoms. The number of nitrogens with two attached hydrogens (primary N) is 1. The van der Waals surface area contributed by atoms with Gasteiger partial charge in [0.1, 0.15) is 12.2 Å². The van der Waals surface area contributed by atoms with Crippen molar-refractivity contribution in [1.29, 1.82) is 5.26 Å². The van der Waals surface area contributed by atoms with Gasteiger partial charge in [0.25, 0.3) is 5.91 Å². The van der Waals surface area contributed by atoms with E-state index in [1.54, 1.807) is 17.1 Å². The van der Waals surface area contributed by atoms with E-state index in [2.05, 4.69) is 4.98 Å². The third-order valence-electron chi connectivity index (χ3n) is 3.00. The van der Waals surface area contributed by atoms with Crippen LogP contribution in [0.1, 0.15) is 16.1 Å². The minimum absolute atomic E-state index is 0.0253. The second-order valence-electron chi connectivity index (χ2n) is 4.59. The Morgan fingerprint density at radius 2 is 2.14 bits per heavy atom. The van der Waals surface area contributed by atoms with Crippen LogP contribution in [0, 0.1) is 11.3 Å². The third kappa shape index (κ3) is 3.91. The number of hydrogen-bond acceptors (Lipinski definition) is 4. The van der Waals surface area contributed by atoms with Crippen LogP contribution in [0.4, 0.5) is 0 Å². The van der Waals surface area contributed by atoms with Crippen molar-refractivity contribution in [2.45, 2.75) is 13.1 Å². The molecular weight excluding hydrogens is 266 g/mol. The van der Waals surface area contributed by atoms with Crippen molar-refractivity contribution in [2.24, 2.45) is 5.73 Å². The van der Waals surface area contributed by atoms with E-state index in [0.29, 0.717) is 25.3 Å². The summed E-state index contributed by atoms with van der Waals surface area (Å²) in [6, 6.07) is 11.6. The Hall–Kier alpha value is -2.65. The molecule has 0 aliphatic heterocycles. The average molecular weight is 283 g/mol. The van der Waals surface area contributed by atoms with Gasteiger partial charge in [-0.1, -0.05) is 30.3 Å². The summed E-state index contributed by atoms with van der Waals surface area (Å²) in [4.78, 5) is 18.0. The maximum absolute atomic E-state index is 12.4. The highest BCUT2D eigenvalue weighted by molar-refractivity contribution is 5.92. The zero-order chi connectivity index (χ0) is 15.1. The molecule has 0 saturated heterocycles. The second-order valence-corrected chi connectivity index (χ2v) is 4.59. The molecule has 0 aliphatic rings. The van der Waals surface area contributed by atoms with Gasteiger partial charge in [-0.2, -0.15) is 5.26 Å². The van der Waals surface area contributed by atoms with Crippen LogP contribution < -0.4 is 5.73 Å². The normalized spacial score (nSPS) is 10.1. The predicted octanol–water partition coefficient (Wildman–Crippen LogP) is 1.01. The van der Waals surface area contributed by atoms with Gasteiger partial charge in [0.05, 0.1) is 12.4 Å². The third-order valence-corrected chi connectivity index (χ3v) is 3.00. The van der Waals surface area contributed by atoms with E-state index in [9.17, 15) is 4.79 Å². The van der Waals surface area contributed by atoms with E-state index in [4.69, 9.17) is 11.0 Å². The van der Waals surface area contributed by atoms with E-state index >= 15 is 0 Å². The molecule has 1 aromatic carbocycles. The molecule has 1 amide bonds. The predicted molar refractivity (Wildman–Crippen MR) is 78.1 cm³/mol. The molecule has 1 aromatic heterocycles. The molecule has 0 spiro atoms. The summed E-state index contributed by atoms with van der Waals surface area (Å²) in [6.45, 7) is 1.50. The number of hydrogen-bond donors (Lipinski definition) is 1. The number of nitriles is 1. The van der Waals surface area contributed by atoms with Gasteiger partial charge in [-0.15, -0.1) is 0 Å². The van der Waals surface area contributed by atoms with Gasteiger partial charge in [-0.3, -0.25) is 4.79 Å². The summed E-state index contributed by atoms with van der Waals surface area (Å²) >= 11 is 0. The summed E-state index contributed by atoms with van der Waals surface area (Å²) < 4.78 is 1.76. The van der Waals surface area contributed by atoms with Gasteiger partial charge in [0, 0.05) is 25.8 Å². The highest BCUT2D eigenvalue weighted by Gasteiger charge is 2.18. The van der Waals surface area contributed by atoms with E-state index < -0.39 is 0 Å². The van der Waals surface area contributed by atoms with Crippen molar-refractivity contribution < 1.29 is 4.79 Å². The second kappa shape index (κ2) is 7.22. The van der Waals surface area contributed by atoms with Gasteiger partial charge in [-0.05, 0) is 5.56 Å². The molecule has 0 atom stereocenters. The summed E-state index contributed by atoms with van der Waals surface area (Å²) in [5.74, 6) is -0.254. The van der Waals surface area contributed by atoms with Gasteiger partial charge in [0.15, 0.2) is 0 Å². The monoisotopic (exact) mass is 283 g/mol. The maximum atomic E-state index is 12.4. The quantitative estimate of drug-likeness (QED) is 0.801. The SMILES string of the molecule is N#CCN(Cc1ccccc1)C(=O)c1cn(CCN)cn1. The summed E-state index contributed by atoms with van der Waals surface area (Å²) in [5, 5.41) is 8.91. The highest BCUT2D eigenvalue weighted by atomic mass is 16.2. The number of aromatic nitrogens is 2. The van der Waals surface area contributed by atoms with Crippen molar-refractivity contribution >= 4 is 5.91 Å². The van der Waals surface area contributed by atoms with Crippen molar-refractivity contribution in [2.75, 3.05) is 13.1 Å². The number of benzene rings is 1. The Morgan fingerprint density at radius 1 is 1.38 bits per heavy atom. The summed E-state index contributed by atoms with van der Waals surface area (Å²) in [6.07, 6.45) is 3.23. The van der Waals surface area contributed by atoms with Crippen LogP contribution in [0.3, 0.4) is 0 Å². The zero-order valence-electron chi connectivity index (χ0n) is 11.6. The molecule has 0 unspecified atom stereocenters. The van der Waals surface area contributed by atoms with E-state index in [0.717, 1.165) is 5.56 Å². The first-order valence-electron chi connectivity index (χ1n) is 6.66. The summed E-state index contributed by atoms with van der Waals surface area (Å²) in [5.41, 5.74) is 6.77. The molecule has 0 saturated carbocycles. The van der Waals surface area contributed by atoms with Crippen molar-refractivity contribution in [3.63, 3.8) is 0 Å². The minimum Gasteiger partial charge on any atom is -0.335 e. The molecule has 6 nitrogen and oxygen atoms in total. The molecule has 108 valence electrons. The lowest BCUT2D eigenvalue weighted by atomic mass is 10.2. The van der Waals surface area contributed by atoms with Crippen LogP contribution in [0.5, 0.6) is 0 Å². The number of imidazole rings is 1. The lowest BCUT2D eigenvalue weighted by molar-refractivity contribution is 0.0759. The lowest BCUT2D eigenvalue weighted by Gasteiger charge is -2.18. The molecule has 2 rings (SSSR count). The Kier molecular flexibility index (Phi) is 5.07. The van der Waals surface area contributed by atoms with Crippen LogP contribution in [0.25, 0.3) is 0 Å². The lowest BCUT2D eigenvalue weighted by Crippen LogP contribution is -2.31. The Balaban J connectivity index is 2.13.